The number of nitrogens with one attached hydrogen (secondary N) is 1. The summed E-state index contributed by atoms with van der Waals surface area (Å²) in [5.74, 6) is 0.656. The molecule has 1 aliphatic heterocycles. The number of rotatable bonds is 4. The van der Waals surface area contributed by atoms with E-state index in [1.807, 2.05) is 6.92 Å². The quantitative estimate of drug-likeness (QED) is 0.902. The van der Waals surface area contributed by atoms with E-state index in [-0.39, 0.29) is 17.1 Å². The Balaban J connectivity index is 1.75. The second-order valence-corrected chi connectivity index (χ2v) is 5.95. The molecule has 0 bridgehead atoms. The molecule has 116 valence electrons. The maximum Gasteiger partial charge on any atom is 0.255 e. The van der Waals surface area contributed by atoms with Crippen molar-refractivity contribution in [3.63, 3.8) is 0 Å². The second kappa shape index (κ2) is 5.77. The number of hydrogen-bond donors (Lipinski definition) is 1. The smallest absolute Gasteiger partial charge is 0.255 e. The summed E-state index contributed by atoms with van der Waals surface area (Å²) in [6, 6.07) is 1.86. The van der Waals surface area contributed by atoms with E-state index in [1.165, 1.54) is 4.57 Å². The minimum Gasteiger partial charge on any atom is -0.381 e. The van der Waals surface area contributed by atoms with E-state index in [0.717, 1.165) is 39.1 Å². The summed E-state index contributed by atoms with van der Waals surface area (Å²) in [6.07, 6.45) is 4.81. The molecule has 3 rings (SSSR count). The van der Waals surface area contributed by atoms with Crippen LogP contribution >= 0.6 is 0 Å². The monoisotopic (exact) mass is 293 g/mol. The molecule has 1 aromatic rings. The summed E-state index contributed by atoms with van der Waals surface area (Å²) in [6.45, 7) is 4.35. The Labute approximate surface area is 124 Å². The maximum absolute atomic E-state index is 11.7. The standard InChI is InChI=1S/C15H23N3O3/c1-3-21-12-8-11(15(12)4-6-20-7-5-15)17-13-9-14(19)18(2)10-16-13/h9-12,17H,3-8H2,1-2H3/t11-,12-/m1/s1. The van der Waals surface area contributed by atoms with Gasteiger partial charge in [0.1, 0.15) is 5.82 Å². The molecule has 1 spiro atoms. The van der Waals surface area contributed by atoms with Crippen molar-refractivity contribution >= 4 is 5.82 Å². The lowest BCUT2D eigenvalue weighted by molar-refractivity contribution is -0.159. The molecule has 0 aromatic carbocycles. The van der Waals surface area contributed by atoms with Crippen molar-refractivity contribution in [1.29, 1.82) is 0 Å². The van der Waals surface area contributed by atoms with Crippen LogP contribution in [0.5, 0.6) is 0 Å². The number of aryl methyl sites for hydroxylation is 1. The van der Waals surface area contributed by atoms with Crippen LogP contribution in [0.4, 0.5) is 5.82 Å². The first-order chi connectivity index (χ1) is 10.2. The largest absolute Gasteiger partial charge is 0.381 e. The number of ether oxygens (including phenoxy) is 2. The molecule has 1 aromatic heterocycles. The minimum absolute atomic E-state index is 0.0470. The predicted octanol–water partition coefficient (Wildman–Crippen LogP) is 1.17. The normalized spacial score (nSPS) is 27.3. The van der Waals surface area contributed by atoms with Gasteiger partial charge in [-0.05, 0) is 26.2 Å². The van der Waals surface area contributed by atoms with E-state index < -0.39 is 0 Å². The third kappa shape index (κ3) is 2.58. The number of anilines is 1. The summed E-state index contributed by atoms with van der Waals surface area (Å²) in [5, 5.41) is 3.44. The van der Waals surface area contributed by atoms with Crippen LogP contribution in [-0.4, -0.2) is 41.5 Å². The third-order valence-electron chi connectivity index (χ3n) is 4.88. The molecule has 0 radical (unpaired) electrons. The van der Waals surface area contributed by atoms with Crippen LogP contribution in [0.3, 0.4) is 0 Å². The molecular weight excluding hydrogens is 270 g/mol. The summed E-state index contributed by atoms with van der Waals surface area (Å²) in [4.78, 5) is 16.0. The summed E-state index contributed by atoms with van der Waals surface area (Å²) < 4.78 is 12.9. The van der Waals surface area contributed by atoms with Crippen LogP contribution in [0.1, 0.15) is 26.2 Å². The fourth-order valence-electron chi connectivity index (χ4n) is 3.53. The zero-order valence-electron chi connectivity index (χ0n) is 12.7. The highest BCUT2D eigenvalue weighted by Gasteiger charge is 2.56. The third-order valence-corrected chi connectivity index (χ3v) is 4.88. The van der Waals surface area contributed by atoms with Crippen LogP contribution in [0, 0.1) is 5.41 Å². The lowest BCUT2D eigenvalue weighted by Gasteiger charge is -2.57. The SMILES string of the molecule is CCO[C@@H]1C[C@@H](Nc2cc(=O)n(C)cn2)C12CCOCC2. The van der Waals surface area contributed by atoms with E-state index in [0.29, 0.717) is 11.9 Å². The Morgan fingerprint density at radius 2 is 2.29 bits per heavy atom. The van der Waals surface area contributed by atoms with Gasteiger partial charge in [0.25, 0.3) is 5.56 Å². The van der Waals surface area contributed by atoms with E-state index in [4.69, 9.17) is 9.47 Å². The van der Waals surface area contributed by atoms with Gasteiger partial charge in [0.2, 0.25) is 0 Å². The highest BCUT2D eigenvalue weighted by atomic mass is 16.5. The molecule has 2 atom stereocenters. The Bertz CT molecular complexity index is 551. The topological polar surface area (TPSA) is 65.4 Å². The highest BCUT2D eigenvalue weighted by molar-refractivity contribution is 5.36. The number of nitrogens with zero attached hydrogens (tertiary/aromatic N) is 2. The van der Waals surface area contributed by atoms with Crippen LogP contribution in [-0.2, 0) is 16.5 Å². The summed E-state index contributed by atoms with van der Waals surface area (Å²) >= 11 is 0. The Kier molecular flexibility index (Phi) is 3.99. The molecule has 2 fully saturated rings. The van der Waals surface area contributed by atoms with Gasteiger partial charge < -0.3 is 19.4 Å². The zero-order chi connectivity index (χ0) is 14.9. The van der Waals surface area contributed by atoms with E-state index in [2.05, 4.69) is 10.3 Å². The molecule has 1 saturated carbocycles. The Morgan fingerprint density at radius 1 is 1.52 bits per heavy atom. The molecule has 1 N–H and O–H groups in total. The molecule has 0 unspecified atom stereocenters. The average molecular weight is 293 g/mol. The van der Waals surface area contributed by atoms with Crippen molar-refractivity contribution < 1.29 is 9.47 Å². The van der Waals surface area contributed by atoms with Gasteiger partial charge in [-0.25, -0.2) is 4.98 Å². The molecule has 1 aliphatic carbocycles. The van der Waals surface area contributed by atoms with Crippen LogP contribution in [0.25, 0.3) is 0 Å². The first-order valence-corrected chi connectivity index (χ1v) is 7.64. The van der Waals surface area contributed by atoms with Gasteiger partial charge in [-0.15, -0.1) is 0 Å². The molecule has 1 saturated heterocycles. The Hall–Kier alpha value is -1.40. The molecule has 21 heavy (non-hydrogen) atoms. The first-order valence-electron chi connectivity index (χ1n) is 7.64. The molecule has 2 aliphatic rings. The molecule has 2 heterocycles. The lowest BCUT2D eigenvalue weighted by Crippen LogP contribution is -2.63. The van der Waals surface area contributed by atoms with Gasteiger partial charge in [0.05, 0.1) is 12.4 Å². The fraction of sp³-hybridized carbons (Fsp3) is 0.733. The van der Waals surface area contributed by atoms with Crippen molar-refractivity contribution in [2.45, 2.75) is 38.3 Å². The zero-order valence-corrected chi connectivity index (χ0v) is 12.7. The first kappa shape index (κ1) is 14.5. The second-order valence-electron chi connectivity index (χ2n) is 5.95. The van der Waals surface area contributed by atoms with Gasteiger partial charge in [0.15, 0.2) is 0 Å². The van der Waals surface area contributed by atoms with Crippen LogP contribution in [0.15, 0.2) is 17.2 Å². The van der Waals surface area contributed by atoms with Gasteiger partial charge in [-0.3, -0.25) is 4.79 Å². The van der Waals surface area contributed by atoms with Crippen molar-refractivity contribution in [3.8, 4) is 0 Å². The minimum atomic E-state index is -0.0470. The van der Waals surface area contributed by atoms with Gasteiger partial charge >= 0.3 is 0 Å². The molecular formula is C15H23N3O3. The summed E-state index contributed by atoms with van der Waals surface area (Å²) in [5.41, 5.74) is 0.0750. The molecule has 6 nitrogen and oxygen atoms in total. The van der Waals surface area contributed by atoms with E-state index in [1.54, 1.807) is 19.4 Å². The van der Waals surface area contributed by atoms with Crippen molar-refractivity contribution in [1.82, 2.24) is 9.55 Å². The Morgan fingerprint density at radius 3 is 2.95 bits per heavy atom. The average Bonchev–Trinajstić information content (AvgIpc) is 2.50. The van der Waals surface area contributed by atoms with Crippen molar-refractivity contribution in [2.75, 3.05) is 25.1 Å². The lowest BCUT2D eigenvalue weighted by atomic mass is 9.57. The van der Waals surface area contributed by atoms with Gasteiger partial charge in [-0.1, -0.05) is 0 Å². The van der Waals surface area contributed by atoms with Crippen molar-refractivity contribution in [2.24, 2.45) is 12.5 Å². The highest BCUT2D eigenvalue weighted by Crippen LogP contribution is 2.51. The maximum atomic E-state index is 11.7. The van der Waals surface area contributed by atoms with Gasteiger partial charge in [0, 0.05) is 44.4 Å². The molecule has 6 heteroatoms. The van der Waals surface area contributed by atoms with E-state index in [9.17, 15) is 4.79 Å². The fourth-order valence-corrected chi connectivity index (χ4v) is 3.53. The number of hydrogen-bond acceptors (Lipinski definition) is 5. The van der Waals surface area contributed by atoms with Crippen molar-refractivity contribution in [3.05, 3.63) is 22.7 Å². The molecule has 0 amide bonds. The summed E-state index contributed by atoms with van der Waals surface area (Å²) in [7, 11) is 1.70. The van der Waals surface area contributed by atoms with Gasteiger partial charge in [-0.2, -0.15) is 0 Å². The van der Waals surface area contributed by atoms with E-state index >= 15 is 0 Å². The number of aromatic nitrogens is 2. The predicted molar refractivity (Wildman–Crippen MR) is 79.4 cm³/mol. The van der Waals surface area contributed by atoms with Crippen LogP contribution in [0.2, 0.25) is 0 Å². The van der Waals surface area contributed by atoms with Crippen LogP contribution < -0.4 is 10.9 Å².